The summed E-state index contributed by atoms with van der Waals surface area (Å²) in [7, 11) is -4.15. The lowest BCUT2D eigenvalue weighted by atomic mass is 10.2. The minimum absolute atomic E-state index is 0.0977. The number of aliphatic imine (C=N–C) groups is 1. The van der Waals surface area contributed by atoms with Gasteiger partial charge in [-0.25, -0.2) is 17.8 Å². The van der Waals surface area contributed by atoms with E-state index in [-0.39, 0.29) is 27.9 Å². The number of nitrogens with one attached hydrogen (secondary N) is 2. The Bertz CT molecular complexity index is 1320. The molecule has 0 saturated heterocycles. The zero-order valence-corrected chi connectivity index (χ0v) is 18.9. The molecule has 0 aliphatic heterocycles. The van der Waals surface area contributed by atoms with Crippen LogP contribution in [-0.4, -0.2) is 31.2 Å². The van der Waals surface area contributed by atoms with Crippen molar-refractivity contribution in [3.8, 4) is 0 Å². The molecule has 0 radical (unpaired) electrons. The van der Waals surface area contributed by atoms with Crippen LogP contribution in [-0.2, 0) is 21.2 Å². The second-order valence-electron chi connectivity index (χ2n) is 7.00. The molecule has 0 unspecified atom stereocenters. The van der Waals surface area contributed by atoms with Gasteiger partial charge in [-0.3, -0.25) is 9.89 Å². The Morgan fingerprint density at radius 2 is 1.97 bits per heavy atom. The predicted octanol–water partition coefficient (Wildman–Crippen LogP) is 4.40. The van der Waals surface area contributed by atoms with Gasteiger partial charge in [0.15, 0.2) is 5.82 Å². The topological polar surface area (TPSA) is 104 Å². The Morgan fingerprint density at radius 1 is 1.28 bits per heavy atom. The predicted molar refractivity (Wildman–Crippen MR) is 121 cm³/mol. The number of H-pyrrole nitrogens is 1. The van der Waals surface area contributed by atoms with Crippen LogP contribution in [0.3, 0.4) is 0 Å². The van der Waals surface area contributed by atoms with Gasteiger partial charge in [0, 0.05) is 17.7 Å². The molecule has 3 rings (SSSR count). The normalized spacial score (nSPS) is 11.9. The number of halogens is 2. The summed E-state index contributed by atoms with van der Waals surface area (Å²) in [5, 5.41) is 9.08. The number of amides is 1. The molecule has 32 heavy (non-hydrogen) atoms. The van der Waals surface area contributed by atoms with Gasteiger partial charge in [-0.15, -0.1) is 0 Å². The fourth-order valence-corrected chi connectivity index (χ4v) is 4.83. The third-order valence-electron chi connectivity index (χ3n) is 4.73. The smallest absolute Gasteiger partial charge is 0.247 e. The average Bonchev–Trinajstić information content (AvgIpc) is 3.22. The van der Waals surface area contributed by atoms with Gasteiger partial charge in [0.05, 0.1) is 16.1 Å². The van der Waals surface area contributed by atoms with Crippen LogP contribution in [0.2, 0.25) is 5.02 Å². The van der Waals surface area contributed by atoms with Crippen molar-refractivity contribution in [1.29, 1.82) is 0 Å². The van der Waals surface area contributed by atoms with Crippen LogP contribution in [0.15, 0.2) is 63.0 Å². The van der Waals surface area contributed by atoms with Crippen LogP contribution >= 0.6 is 11.6 Å². The van der Waals surface area contributed by atoms with Crippen molar-refractivity contribution < 1.29 is 17.6 Å². The number of hydrogen-bond donors (Lipinski definition) is 2. The van der Waals surface area contributed by atoms with Gasteiger partial charge in [0.2, 0.25) is 15.7 Å². The third kappa shape index (κ3) is 4.79. The lowest BCUT2D eigenvalue weighted by Crippen LogP contribution is -2.23. The van der Waals surface area contributed by atoms with Gasteiger partial charge < -0.3 is 5.32 Å². The third-order valence-corrected chi connectivity index (χ3v) is 6.99. The largest absolute Gasteiger partial charge is 0.348 e. The number of sulfone groups is 1. The minimum Gasteiger partial charge on any atom is -0.348 e. The molecule has 0 spiro atoms. The number of aryl methyl sites for hydroxylation is 1. The maximum atomic E-state index is 14.5. The molecule has 0 aliphatic rings. The molecule has 166 valence electrons. The summed E-state index contributed by atoms with van der Waals surface area (Å²) in [6.07, 6.45) is 3.15. The summed E-state index contributed by atoms with van der Waals surface area (Å²) in [6, 6.07) is 8.56. The van der Waals surface area contributed by atoms with Gasteiger partial charge in [-0.1, -0.05) is 29.8 Å². The molecule has 1 heterocycles. The number of nitrogens with zero attached hydrogens (tertiary/aromatic N) is 2. The van der Waals surface area contributed by atoms with Gasteiger partial charge in [-0.05, 0) is 56.0 Å². The highest BCUT2D eigenvalue weighted by Crippen LogP contribution is 2.31. The van der Waals surface area contributed by atoms with Gasteiger partial charge in [-0.2, -0.15) is 5.10 Å². The first kappa shape index (κ1) is 23.4. The zero-order valence-electron chi connectivity index (χ0n) is 17.3. The first-order valence-electron chi connectivity index (χ1n) is 9.40. The second kappa shape index (κ2) is 9.46. The zero-order chi connectivity index (χ0) is 23.5. The van der Waals surface area contributed by atoms with Crippen molar-refractivity contribution in [2.45, 2.75) is 30.2 Å². The molecular weight excluding hydrogens is 455 g/mol. The molecule has 0 fully saturated rings. The molecule has 0 aliphatic carbocycles. The first-order valence-corrected chi connectivity index (χ1v) is 11.3. The maximum Gasteiger partial charge on any atom is 0.247 e. The van der Waals surface area contributed by atoms with E-state index < -0.39 is 20.5 Å². The van der Waals surface area contributed by atoms with Crippen molar-refractivity contribution in [1.82, 2.24) is 15.5 Å². The van der Waals surface area contributed by atoms with Crippen LogP contribution in [0.4, 0.5) is 10.2 Å². The standard InChI is InChI=1S/C22H20ClFN4O3S/c1-13-4-9-18(23)20(19(13)24)32(30,31)17-7-5-15(6-8-17)11-26-22(29)14(2)10-16-12-27-28-21(16)25-3/h4-10,12H,3,11H2,1-2H3,(H,26,29)(H,27,28)/b14-10+. The van der Waals surface area contributed by atoms with Crippen molar-refractivity contribution >= 4 is 46.0 Å². The number of hydrogen-bond acceptors (Lipinski definition) is 5. The minimum atomic E-state index is -4.15. The monoisotopic (exact) mass is 474 g/mol. The number of aromatic amines is 1. The number of rotatable bonds is 7. The molecule has 0 atom stereocenters. The Morgan fingerprint density at radius 3 is 2.62 bits per heavy atom. The van der Waals surface area contributed by atoms with Crippen LogP contribution in [0.25, 0.3) is 6.08 Å². The van der Waals surface area contributed by atoms with Gasteiger partial charge in [0.25, 0.3) is 0 Å². The quantitative estimate of drug-likeness (QED) is 0.391. The lowest BCUT2D eigenvalue weighted by molar-refractivity contribution is -0.117. The summed E-state index contributed by atoms with van der Waals surface area (Å²) < 4.78 is 40.2. The van der Waals surface area contributed by atoms with E-state index >= 15 is 0 Å². The summed E-state index contributed by atoms with van der Waals surface area (Å²) in [5.74, 6) is -0.728. The number of carbonyl (C=O) groups is 1. The van der Waals surface area contributed by atoms with Gasteiger partial charge >= 0.3 is 0 Å². The SMILES string of the molecule is C=Nc1[nH]ncc1/C=C(\C)C(=O)NCc1ccc(S(=O)(=O)c2c(Cl)ccc(C)c2F)cc1. The fourth-order valence-electron chi connectivity index (χ4n) is 2.92. The second-order valence-corrected chi connectivity index (χ2v) is 9.29. The molecule has 2 aromatic carbocycles. The van der Waals surface area contributed by atoms with Gasteiger partial charge in [0.1, 0.15) is 10.7 Å². The van der Waals surface area contributed by atoms with Crippen LogP contribution < -0.4 is 5.32 Å². The van der Waals surface area contributed by atoms with Crippen molar-refractivity contribution in [2.24, 2.45) is 4.99 Å². The van der Waals surface area contributed by atoms with E-state index in [1.54, 1.807) is 25.1 Å². The fraction of sp³-hybridized carbons (Fsp3) is 0.136. The molecule has 0 bridgehead atoms. The van der Waals surface area contributed by atoms with E-state index in [4.69, 9.17) is 11.6 Å². The maximum absolute atomic E-state index is 14.5. The van der Waals surface area contributed by atoms with Crippen LogP contribution in [0, 0.1) is 12.7 Å². The van der Waals surface area contributed by atoms with E-state index in [0.717, 1.165) is 0 Å². The summed E-state index contributed by atoms with van der Waals surface area (Å²) in [5.41, 5.74) is 1.91. The van der Waals surface area contributed by atoms with Crippen molar-refractivity contribution in [3.63, 3.8) is 0 Å². The molecule has 0 saturated carbocycles. The van der Waals surface area contributed by atoms with E-state index in [1.807, 2.05) is 0 Å². The highest BCUT2D eigenvalue weighted by molar-refractivity contribution is 7.91. The summed E-state index contributed by atoms with van der Waals surface area (Å²) in [4.78, 5) is 15.5. The highest BCUT2D eigenvalue weighted by atomic mass is 35.5. The molecule has 10 heteroatoms. The molecule has 1 amide bonds. The van der Waals surface area contributed by atoms with Crippen molar-refractivity contribution in [3.05, 3.63) is 75.7 Å². The Balaban J connectivity index is 1.73. The number of carbonyl (C=O) groups excluding carboxylic acids is 1. The lowest BCUT2D eigenvalue weighted by Gasteiger charge is -2.11. The first-order chi connectivity index (χ1) is 15.1. The van der Waals surface area contributed by atoms with E-state index in [9.17, 15) is 17.6 Å². The van der Waals surface area contributed by atoms with Crippen LogP contribution in [0.5, 0.6) is 0 Å². The summed E-state index contributed by atoms with van der Waals surface area (Å²) in [6.45, 7) is 6.71. The van der Waals surface area contributed by atoms with Crippen LogP contribution in [0.1, 0.15) is 23.6 Å². The molecule has 7 nitrogen and oxygen atoms in total. The molecular formula is C22H20ClFN4O3S. The molecule has 1 aromatic heterocycles. The summed E-state index contributed by atoms with van der Waals surface area (Å²) >= 11 is 5.96. The Hall–Kier alpha value is -3.30. The Kier molecular flexibility index (Phi) is 6.90. The van der Waals surface area contributed by atoms with E-state index in [2.05, 4.69) is 27.2 Å². The van der Waals surface area contributed by atoms with Crippen molar-refractivity contribution in [2.75, 3.05) is 0 Å². The highest BCUT2D eigenvalue weighted by Gasteiger charge is 2.26. The number of benzene rings is 2. The van der Waals surface area contributed by atoms with E-state index in [1.165, 1.54) is 37.4 Å². The number of aromatic nitrogens is 2. The molecule has 2 N–H and O–H groups in total. The van der Waals surface area contributed by atoms with E-state index in [0.29, 0.717) is 22.5 Å². The Labute approximate surface area is 190 Å². The average molecular weight is 475 g/mol. The molecule has 3 aromatic rings.